The molecule has 0 N–H and O–H groups in total. The summed E-state index contributed by atoms with van der Waals surface area (Å²) in [6.07, 6.45) is 29.7. The van der Waals surface area contributed by atoms with Crippen molar-refractivity contribution in [2.24, 2.45) is 0 Å². The Bertz CT molecular complexity index is 170. The molecule has 0 unspecified atom stereocenters. The minimum atomic E-state index is 1.38. The number of hydrogen-bond acceptors (Lipinski definition) is 0. The van der Waals surface area contributed by atoms with Crippen molar-refractivity contribution < 1.29 is 0 Å². The summed E-state index contributed by atoms with van der Waals surface area (Å²) in [6, 6.07) is 0. The van der Waals surface area contributed by atoms with Gasteiger partial charge in [-0.15, -0.1) is 0 Å². The zero-order chi connectivity index (χ0) is 16.8. The van der Waals surface area contributed by atoms with Crippen LogP contribution in [0.4, 0.5) is 0 Å². The Labute approximate surface area is 162 Å². The van der Waals surface area contributed by atoms with Gasteiger partial charge in [0.2, 0.25) is 0 Å². The molecule has 0 radical (unpaired) electrons. The van der Waals surface area contributed by atoms with E-state index in [2.05, 4.69) is 6.92 Å². The van der Waals surface area contributed by atoms with Crippen LogP contribution in [-0.2, 0) is 0 Å². The van der Waals surface area contributed by atoms with Crippen molar-refractivity contribution in [3.63, 3.8) is 0 Å². The number of unbranched alkanes of at least 4 members (excludes halogenated alkanes) is 19. The Morgan fingerprint density at radius 3 is 0.783 bits per heavy atom. The normalized spacial score (nSPS) is 11.2. The van der Waals surface area contributed by atoms with Gasteiger partial charge in [-0.2, -0.15) is 0 Å². The van der Waals surface area contributed by atoms with Gasteiger partial charge in [-0.25, -0.2) is 0 Å². The second kappa shape index (κ2) is 22.8. The molecule has 0 aliphatic carbocycles. The molecule has 0 atom stereocenters. The molecule has 23 heavy (non-hydrogen) atoms. The van der Waals surface area contributed by atoms with Crippen LogP contribution in [0.2, 0.25) is 4.37 Å². The summed E-state index contributed by atoms with van der Waals surface area (Å²) < 4.78 is 1.50. The maximum absolute atomic E-state index is 2.30. The molecule has 0 fully saturated rings. The second-order valence-electron chi connectivity index (χ2n) is 7.51. The van der Waals surface area contributed by atoms with E-state index in [4.69, 9.17) is 0 Å². The predicted octanol–water partition coefficient (Wildman–Crippen LogP) is 7.86. The Balaban J connectivity index is 2.92. The molecule has 0 amide bonds. The summed E-state index contributed by atoms with van der Waals surface area (Å²) in [5.41, 5.74) is 0. The van der Waals surface area contributed by atoms with Crippen LogP contribution >= 0.6 is 0 Å². The first kappa shape index (κ1) is 23.8. The third kappa shape index (κ3) is 22.8. The van der Waals surface area contributed by atoms with Gasteiger partial charge in [0, 0.05) is 0 Å². The molecule has 0 rings (SSSR count). The van der Waals surface area contributed by atoms with Gasteiger partial charge in [0.25, 0.3) is 0 Å². The Morgan fingerprint density at radius 1 is 0.348 bits per heavy atom. The first-order chi connectivity index (χ1) is 11.4. The van der Waals surface area contributed by atoms with E-state index >= 15 is 0 Å². The molecule has 0 saturated carbocycles. The summed E-state index contributed by atoms with van der Waals surface area (Å²) in [5, 5.41) is 0. The van der Waals surface area contributed by atoms with Crippen molar-refractivity contribution in [3.8, 4) is 0 Å². The van der Waals surface area contributed by atoms with E-state index in [9.17, 15) is 0 Å². The zero-order valence-corrected chi connectivity index (χ0v) is 19.7. The van der Waals surface area contributed by atoms with E-state index in [1.807, 2.05) is 0 Å². The quantitative estimate of drug-likeness (QED) is 0.135. The Morgan fingerprint density at radius 2 is 0.565 bits per heavy atom. The molecule has 0 spiro atoms. The molecule has 0 aromatic carbocycles. The van der Waals surface area contributed by atoms with Gasteiger partial charge >= 0.3 is 98.0 Å². The van der Waals surface area contributed by atoms with E-state index in [1.54, 1.807) is 0 Å². The van der Waals surface area contributed by atoms with Gasteiger partial charge in [0.1, 0.15) is 0 Å². The van der Waals surface area contributed by atoms with Crippen molar-refractivity contribution >= 4 is 23.0 Å². The van der Waals surface area contributed by atoms with Crippen molar-refractivity contribution in [2.75, 3.05) is 0 Å². The van der Waals surface area contributed by atoms with E-state index in [-0.39, 0.29) is 0 Å². The maximum atomic E-state index is 2.30. The standard InChI is InChI=1S/C22H45.Sb.2H/c1-3-5-7-9-11-13-15-17-19-21-22-20-18-16-14-12-10-8-6-4-2;;;/h1,3-22H2,2H3;;;. The van der Waals surface area contributed by atoms with Crippen LogP contribution in [0.3, 0.4) is 0 Å². The van der Waals surface area contributed by atoms with Gasteiger partial charge in [-0.1, -0.05) is 64.7 Å². The van der Waals surface area contributed by atoms with Crippen molar-refractivity contribution in [3.05, 3.63) is 0 Å². The molecule has 0 saturated heterocycles. The van der Waals surface area contributed by atoms with Gasteiger partial charge in [-0.05, 0) is 0 Å². The van der Waals surface area contributed by atoms with Crippen LogP contribution in [0.15, 0.2) is 0 Å². The molecule has 0 aliphatic rings. The molecule has 0 aromatic heterocycles. The fourth-order valence-corrected chi connectivity index (χ4v) is 4.22. The minimum absolute atomic E-state index is 1.38. The van der Waals surface area contributed by atoms with Crippen molar-refractivity contribution in [1.82, 2.24) is 0 Å². The van der Waals surface area contributed by atoms with Gasteiger partial charge in [0.15, 0.2) is 0 Å². The average Bonchev–Trinajstić information content (AvgIpc) is 2.57. The van der Waals surface area contributed by atoms with Gasteiger partial charge in [0.05, 0.1) is 0 Å². The molecular weight excluding hydrogens is 386 g/mol. The monoisotopic (exact) mass is 432 g/mol. The summed E-state index contributed by atoms with van der Waals surface area (Å²) >= 11 is 1.47. The molecular formula is C22H47Sb. The molecule has 0 nitrogen and oxygen atoms in total. The number of rotatable bonds is 20. The molecule has 0 heterocycles. The van der Waals surface area contributed by atoms with E-state index in [0.717, 1.165) is 0 Å². The SMILES string of the molecule is CCCCCCCCCCCCCCCCCCCCC[CH2][SbH2]. The third-order valence-corrected chi connectivity index (χ3v) is 6.22. The molecule has 0 bridgehead atoms. The second-order valence-corrected chi connectivity index (χ2v) is 9.15. The summed E-state index contributed by atoms with van der Waals surface area (Å²) in [6.45, 7) is 2.30. The Kier molecular flexibility index (Phi) is 23.6. The van der Waals surface area contributed by atoms with E-state index in [0.29, 0.717) is 0 Å². The summed E-state index contributed by atoms with van der Waals surface area (Å²) in [7, 11) is 0. The van der Waals surface area contributed by atoms with Crippen LogP contribution in [0.25, 0.3) is 0 Å². The van der Waals surface area contributed by atoms with E-state index < -0.39 is 0 Å². The molecule has 140 valence electrons. The summed E-state index contributed by atoms with van der Waals surface area (Å²) in [5.74, 6) is 0. The van der Waals surface area contributed by atoms with Crippen molar-refractivity contribution in [2.45, 2.75) is 140 Å². The fourth-order valence-electron chi connectivity index (χ4n) is 3.40. The average molecular weight is 433 g/mol. The molecule has 0 aromatic rings. The van der Waals surface area contributed by atoms with Crippen LogP contribution in [0, 0.1) is 0 Å². The topological polar surface area (TPSA) is 0 Å². The Hall–Kier alpha value is 0.818. The molecule has 1 heteroatoms. The predicted molar refractivity (Wildman–Crippen MR) is 111 cm³/mol. The fraction of sp³-hybridized carbons (Fsp3) is 1.00. The van der Waals surface area contributed by atoms with Crippen LogP contribution < -0.4 is 0 Å². The zero-order valence-electron chi connectivity index (χ0n) is 16.4. The first-order valence-corrected chi connectivity index (χ1v) is 13.4. The first-order valence-electron chi connectivity index (χ1n) is 11.1. The van der Waals surface area contributed by atoms with Crippen LogP contribution in [0.1, 0.15) is 135 Å². The summed E-state index contributed by atoms with van der Waals surface area (Å²) in [4.78, 5) is 0. The van der Waals surface area contributed by atoms with Gasteiger partial charge in [-0.3, -0.25) is 0 Å². The molecule has 0 aliphatic heterocycles. The van der Waals surface area contributed by atoms with Crippen molar-refractivity contribution in [1.29, 1.82) is 0 Å². The third-order valence-electron chi connectivity index (χ3n) is 5.06. The van der Waals surface area contributed by atoms with Crippen LogP contribution in [0.5, 0.6) is 0 Å². The van der Waals surface area contributed by atoms with E-state index in [1.165, 1.54) is 156 Å². The van der Waals surface area contributed by atoms with Gasteiger partial charge < -0.3 is 0 Å². The number of hydrogen-bond donors (Lipinski definition) is 0. The van der Waals surface area contributed by atoms with Crippen LogP contribution in [-0.4, -0.2) is 23.0 Å².